The Kier molecular flexibility index (Phi) is 4.75. The van der Waals surface area contributed by atoms with Crippen molar-refractivity contribution in [1.29, 1.82) is 0 Å². The highest BCUT2D eigenvalue weighted by atomic mass is 16.2. The fourth-order valence-electron chi connectivity index (χ4n) is 3.44. The molecule has 3 rings (SSSR count). The van der Waals surface area contributed by atoms with E-state index in [4.69, 9.17) is 0 Å². The van der Waals surface area contributed by atoms with E-state index >= 15 is 0 Å². The van der Waals surface area contributed by atoms with Crippen LogP contribution in [0.2, 0.25) is 0 Å². The lowest BCUT2D eigenvalue weighted by atomic mass is 10.2. The molecule has 0 N–H and O–H groups in total. The van der Waals surface area contributed by atoms with E-state index in [1.165, 1.54) is 0 Å². The van der Waals surface area contributed by atoms with E-state index in [0.717, 1.165) is 51.7 Å². The van der Waals surface area contributed by atoms with Crippen LogP contribution in [-0.4, -0.2) is 57.1 Å². The number of likely N-dealkylation sites (tertiary alicyclic amines) is 2. The molecule has 120 valence electrons. The van der Waals surface area contributed by atoms with Crippen LogP contribution >= 0.6 is 0 Å². The predicted octanol–water partition coefficient (Wildman–Crippen LogP) is 1.28. The van der Waals surface area contributed by atoms with Gasteiger partial charge in [0.25, 0.3) is 0 Å². The van der Waals surface area contributed by atoms with Crippen molar-refractivity contribution in [3.63, 3.8) is 0 Å². The molecule has 6 nitrogen and oxygen atoms in total. The highest BCUT2D eigenvalue weighted by Crippen LogP contribution is 2.20. The van der Waals surface area contributed by atoms with Gasteiger partial charge in [-0.15, -0.1) is 0 Å². The smallest absolute Gasteiger partial charge is 0.242 e. The minimum absolute atomic E-state index is 0.0879. The first-order valence-electron chi connectivity index (χ1n) is 8.29. The van der Waals surface area contributed by atoms with Crippen LogP contribution in [0.3, 0.4) is 0 Å². The monoisotopic (exact) mass is 304 g/mol. The van der Waals surface area contributed by atoms with Gasteiger partial charge in [0.15, 0.2) is 0 Å². The van der Waals surface area contributed by atoms with Crippen molar-refractivity contribution in [3.05, 3.63) is 18.5 Å². The molecule has 2 fully saturated rings. The van der Waals surface area contributed by atoms with E-state index in [2.05, 4.69) is 5.10 Å². The number of carbonyl (C=O) groups is 2. The molecule has 6 heteroatoms. The Labute approximate surface area is 131 Å². The van der Waals surface area contributed by atoms with Gasteiger partial charge in [-0.05, 0) is 31.7 Å². The molecule has 1 atom stereocenters. The Bertz CT molecular complexity index is 514. The fraction of sp³-hybridized carbons (Fsp3) is 0.688. The van der Waals surface area contributed by atoms with Gasteiger partial charge in [-0.1, -0.05) is 6.42 Å². The molecule has 0 bridgehead atoms. The summed E-state index contributed by atoms with van der Waals surface area (Å²) in [7, 11) is 0. The second-order valence-corrected chi connectivity index (χ2v) is 6.24. The molecule has 1 aromatic rings. The molecule has 0 spiro atoms. The van der Waals surface area contributed by atoms with Crippen LogP contribution in [0.15, 0.2) is 18.5 Å². The quantitative estimate of drug-likeness (QED) is 0.842. The van der Waals surface area contributed by atoms with Gasteiger partial charge < -0.3 is 9.80 Å². The topological polar surface area (TPSA) is 58.4 Å². The Hall–Kier alpha value is -1.85. The van der Waals surface area contributed by atoms with Gasteiger partial charge in [-0.3, -0.25) is 14.3 Å². The standard InChI is InChI=1S/C16H24N4O2/c21-15-7-2-1-3-9-18(15)13-16(22)20-11-4-6-14(20)12-19-10-5-8-17-19/h5,8,10,14H,1-4,6-7,9,11-13H2/t14-/m0/s1. The van der Waals surface area contributed by atoms with E-state index in [0.29, 0.717) is 6.42 Å². The molecule has 0 radical (unpaired) electrons. The predicted molar refractivity (Wildman–Crippen MR) is 82.0 cm³/mol. The molecule has 22 heavy (non-hydrogen) atoms. The number of rotatable bonds is 4. The van der Waals surface area contributed by atoms with Gasteiger partial charge in [0, 0.05) is 31.9 Å². The molecule has 3 heterocycles. The van der Waals surface area contributed by atoms with Crippen LogP contribution in [-0.2, 0) is 16.1 Å². The van der Waals surface area contributed by atoms with Crippen molar-refractivity contribution >= 4 is 11.8 Å². The third kappa shape index (κ3) is 3.48. The fourth-order valence-corrected chi connectivity index (χ4v) is 3.44. The molecular weight excluding hydrogens is 280 g/mol. The molecule has 2 amide bonds. The van der Waals surface area contributed by atoms with Crippen LogP contribution in [0.4, 0.5) is 0 Å². The first-order chi connectivity index (χ1) is 10.7. The maximum absolute atomic E-state index is 12.6. The number of nitrogens with zero attached hydrogens (tertiary/aromatic N) is 4. The van der Waals surface area contributed by atoms with Crippen molar-refractivity contribution < 1.29 is 9.59 Å². The zero-order valence-electron chi connectivity index (χ0n) is 13.0. The minimum Gasteiger partial charge on any atom is -0.336 e. The van der Waals surface area contributed by atoms with E-state index in [-0.39, 0.29) is 24.4 Å². The lowest BCUT2D eigenvalue weighted by Crippen LogP contribution is -2.45. The van der Waals surface area contributed by atoms with Crippen molar-refractivity contribution in [2.24, 2.45) is 0 Å². The van der Waals surface area contributed by atoms with E-state index in [1.807, 2.05) is 21.8 Å². The van der Waals surface area contributed by atoms with Crippen molar-refractivity contribution in [2.75, 3.05) is 19.6 Å². The lowest BCUT2D eigenvalue weighted by Gasteiger charge is -2.28. The van der Waals surface area contributed by atoms with Crippen molar-refractivity contribution in [3.8, 4) is 0 Å². The van der Waals surface area contributed by atoms with Gasteiger partial charge in [0.2, 0.25) is 11.8 Å². The highest BCUT2D eigenvalue weighted by Gasteiger charge is 2.31. The number of carbonyl (C=O) groups excluding carboxylic acids is 2. The van der Waals surface area contributed by atoms with E-state index in [1.54, 1.807) is 11.1 Å². The zero-order valence-corrected chi connectivity index (χ0v) is 13.0. The summed E-state index contributed by atoms with van der Waals surface area (Å²) in [5, 5.41) is 4.23. The zero-order chi connectivity index (χ0) is 15.4. The van der Waals surface area contributed by atoms with Crippen LogP contribution in [0, 0.1) is 0 Å². The molecule has 0 aliphatic carbocycles. The summed E-state index contributed by atoms with van der Waals surface area (Å²) in [4.78, 5) is 28.3. The average molecular weight is 304 g/mol. The summed E-state index contributed by atoms with van der Waals surface area (Å²) in [5.41, 5.74) is 0. The molecule has 0 unspecified atom stereocenters. The second-order valence-electron chi connectivity index (χ2n) is 6.24. The van der Waals surface area contributed by atoms with Crippen molar-refractivity contribution in [2.45, 2.75) is 51.1 Å². The van der Waals surface area contributed by atoms with Gasteiger partial charge in [0.1, 0.15) is 0 Å². The Morgan fingerprint density at radius 1 is 1.23 bits per heavy atom. The Morgan fingerprint density at radius 3 is 2.95 bits per heavy atom. The highest BCUT2D eigenvalue weighted by molar-refractivity contribution is 5.85. The maximum atomic E-state index is 12.6. The number of amides is 2. The Morgan fingerprint density at radius 2 is 2.14 bits per heavy atom. The van der Waals surface area contributed by atoms with Crippen LogP contribution in [0.5, 0.6) is 0 Å². The van der Waals surface area contributed by atoms with Gasteiger partial charge in [-0.2, -0.15) is 5.10 Å². The number of aromatic nitrogens is 2. The van der Waals surface area contributed by atoms with Crippen LogP contribution < -0.4 is 0 Å². The molecule has 1 aromatic heterocycles. The van der Waals surface area contributed by atoms with E-state index < -0.39 is 0 Å². The molecule has 2 aliphatic heterocycles. The maximum Gasteiger partial charge on any atom is 0.242 e. The summed E-state index contributed by atoms with van der Waals surface area (Å²) in [6.45, 7) is 2.51. The third-order valence-electron chi connectivity index (χ3n) is 4.65. The summed E-state index contributed by atoms with van der Waals surface area (Å²) in [5.74, 6) is 0.221. The summed E-state index contributed by atoms with van der Waals surface area (Å²) in [6, 6.07) is 2.10. The molecule has 0 saturated carbocycles. The summed E-state index contributed by atoms with van der Waals surface area (Å²) in [6.07, 6.45) is 9.37. The Balaban J connectivity index is 1.59. The van der Waals surface area contributed by atoms with Crippen molar-refractivity contribution in [1.82, 2.24) is 19.6 Å². The van der Waals surface area contributed by atoms with E-state index in [9.17, 15) is 9.59 Å². The number of hydrogen-bond acceptors (Lipinski definition) is 3. The SMILES string of the molecule is O=C1CCCCCN1CC(=O)N1CCC[C@H]1Cn1cccn1. The lowest BCUT2D eigenvalue weighted by molar-refractivity contribution is -0.140. The second kappa shape index (κ2) is 6.94. The molecule has 2 aliphatic rings. The van der Waals surface area contributed by atoms with Gasteiger partial charge in [-0.25, -0.2) is 0 Å². The van der Waals surface area contributed by atoms with Crippen LogP contribution in [0.25, 0.3) is 0 Å². The summed E-state index contributed by atoms with van der Waals surface area (Å²) >= 11 is 0. The van der Waals surface area contributed by atoms with Gasteiger partial charge in [0.05, 0.1) is 19.1 Å². The largest absolute Gasteiger partial charge is 0.336 e. The molecule has 2 saturated heterocycles. The third-order valence-corrected chi connectivity index (χ3v) is 4.65. The molecular formula is C16H24N4O2. The first kappa shape index (κ1) is 15.1. The summed E-state index contributed by atoms with van der Waals surface area (Å²) < 4.78 is 1.88. The normalized spacial score (nSPS) is 22.9. The molecule has 0 aromatic carbocycles. The van der Waals surface area contributed by atoms with Gasteiger partial charge >= 0.3 is 0 Å². The first-order valence-corrected chi connectivity index (χ1v) is 8.29. The average Bonchev–Trinajstić information content (AvgIpc) is 3.13. The van der Waals surface area contributed by atoms with Crippen LogP contribution in [0.1, 0.15) is 38.5 Å². The number of hydrogen-bond donors (Lipinski definition) is 0. The minimum atomic E-state index is 0.0879.